The SMILES string of the molecule is C=CCN1C(=O)c2ccc(C(=O)OCC(=O)NCC3CCCCC3)cc2C1=O. The van der Waals surface area contributed by atoms with E-state index in [0.29, 0.717) is 12.5 Å². The van der Waals surface area contributed by atoms with Gasteiger partial charge in [0.05, 0.1) is 16.7 Å². The summed E-state index contributed by atoms with van der Waals surface area (Å²) in [5, 5.41) is 2.80. The number of carbonyl (C=O) groups is 4. The summed E-state index contributed by atoms with van der Waals surface area (Å²) in [6, 6.07) is 4.18. The lowest BCUT2D eigenvalue weighted by Gasteiger charge is -2.21. The molecule has 1 fully saturated rings. The Kier molecular flexibility index (Phi) is 6.23. The van der Waals surface area contributed by atoms with E-state index in [2.05, 4.69) is 11.9 Å². The molecule has 7 heteroatoms. The Morgan fingerprint density at radius 1 is 1.14 bits per heavy atom. The van der Waals surface area contributed by atoms with Crippen molar-refractivity contribution in [2.24, 2.45) is 5.92 Å². The molecule has 2 aliphatic rings. The van der Waals surface area contributed by atoms with Crippen molar-refractivity contribution in [2.45, 2.75) is 32.1 Å². The average molecular weight is 384 g/mol. The summed E-state index contributed by atoms with van der Waals surface area (Å²) in [6.07, 6.45) is 7.33. The van der Waals surface area contributed by atoms with Crippen LogP contribution in [0.4, 0.5) is 0 Å². The number of ether oxygens (including phenoxy) is 1. The highest BCUT2D eigenvalue weighted by Gasteiger charge is 2.35. The predicted molar refractivity (Wildman–Crippen MR) is 102 cm³/mol. The normalized spacial score (nSPS) is 16.6. The van der Waals surface area contributed by atoms with Gasteiger partial charge in [-0.3, -0.25) is 19.3 Å². The average Bonchev–Trinajstić information content (AvgIpc) is 2.96. The first-order valence-corrected chi connectivity index (χ1v) is 9.56. The minimum Gasteiger partial charge on any atom is -0.452 e. The van der Waals surface area contributed by atoms with Gasteiger partial charge in [0.1, 0.15) is 0 Å². The molecule has 1 saturated carbocycles. The Morgan fingerprint density at radius 3 is 2.57 bits per heavy atom. The van der Waals surface area contributed by atoms with Gasteiger partial charge in [0, 0.05) is 13.1 Å². The van der Waals surface area contributed by atoms with Crippen LogP contribution in [0.15, 0.2) is 30.9 Å². The van der Waals surface area contributed by atoms with Crippen LogP contribution >= 0.6 is 0 Å². The van der Waals surface area contributed by atoms with Gasteiger partial charge < -0.3 is 10.1 Å². The highest BCUT2D eigenvalue weighted by molar-refractivity contribution is 6.22. The van der Waals surface area contributed by atoms with E-state index in [-0.39, 0.29) is 35.7 Å². The molecule has 148 valence electrons. The number of amides is 3. The van der Waals surface area contributed by atoms with Crippen LogP contribution < -0.4 is 5.32 Å². The number of hydrogen-bond donors (Lipinski definition) is 1. The first-order chi connectivity index (χ1) is 13.5. The molecule has 0 atom stereocenters. The number of fused-ring (bicyclic) bond motifs is 1. The molecule has 7 nitrogen and oxygen atoms in total. The smallest absolute Gasteiger partial charge is 0.338 e. The summed E-state index contributed by atoms with van der Waals surface area (Å²) in [7, 11) is 0. The number of esters is 1. The quantitative estimate of drug-likeness (QED) is 0.442. The first kappa shape index (κ1) is 19.8. The van der Waals surface area contributed by atoms with Gasteiger partial charge in [-0.05, 0) is 37.0 Å². The van der Waals surface area contributed by atoms with E-state index in [1.807, 2.05) is 0 Å². The van der Waals surface area contributed by atoms with Gasteiger partial charge in [0.25, 0.3) is 17.7 Å². The third kappa shape index (κ3) is 4.30. The van der Waals surface area contributed by atoms with Crippen LogP contribution in [0.1, 0.15) is 63.2 Å². The lowest BCUT2D eigenvalue weighted by molar-refractivity contribution is -0.124. The number of hydrogen-bond acceptors (Lipinski definition) is 5. The zero-order valence-electron chi connectivity index (χ0n) is 15.7. The largest absolute Gasteiger partial charge is 0.452 e. The molecule has 0 saturated heterocycles. The zero-order valence-corrected chi connectivity index (χ0v) is 15.7. The third-order valence-corrected chi connectivity index (χ3v) is 5.17. The van der Waals surface area contributed by atoms with E-state index in [1.165, 1.54) is 43.5 Å². The van der Waals surface area contributed by atoms with Crippen molar-refractivity contribution in [1.29, 1.82) is 0 Å². The van der Waals surface area contributed by atoms with Crippen molar-refractivity contribution < 1.29 is 23.9 Å². The van der Waals surface area contributed by atoms with Crippen molar-refractivity contribution >= 4 is 23.7 Å². The topological polar surface area (TPSA) is 92.8 Å². The number of nitrogens with one attached hydrogen (secondary N) is 1. The number of carbonyl (C=O) groups excluding carboxylic acids is 4. The van der Waals surface area contributed by atoms with Crippen LogP contribution in [0.3, 0.4) is 0 Å². The molecule has 0 aromatic heterocycles. The lowest BCUT2D eigenvalue weighted by Crippen LogP contribution is -2.33. The van der Waals surface area contributed by atoms with Crippen LogP contribution in [0.5, 0.6) is 0 Å². The molecule has 3 rings (SSSR count). The van der Waals surface area contributed by atoms with E-state index in [1.54, 1.807) is 0 Å². The molecular weight excluding hydrogens is 360 g/mol. The summed E-state index contributed by atoms with van der Waals surface area (Å²) in [5.74, 6) is -1.45. The maximum Gasteiger partial charge on any atom is 0.338 e. The highest BCUT2D eigenvalue weighted by Crippen LogP contribution is 2.24. The summed E-state index contributed by atoms with van der Waals surface area (Å²) in [5.41, 5.74) is 0.525. The molecule has 28 heavy (non-hydrogen) atoms. The second-order valence-electron chi connectivity index (χ2n) is 7.15. The Labute approximate surface area is 163 Å². The van der Waals surface area contributed by atoms with E-state index in [9.17, 15) is 19.2 Å². The number of benzene rings is 1. The van der Waals surface area contributed by atoms with Crippen LogP contribution in [0.25, 0.3) is 0 Å². The predicted octanol–water partition coefficient (Wildman–Crippen LogP) is 2.32. The van der Waals surface area contributed by atoms with Crippen LogP contribution in [-0.4, -0.2) is 48.3 Å². The van der Waals surface area contributed by atoms with Gasteiger partial charge in [-0.15, -0.1) is 6.58 Å². The summed E-state index contributed by atoms with van der Waals surface area (Å²) in [4.78, 5) is 49.7. The number of imide groups is 1. The van der Waals surface area contributed by atoms with Gasteiger partial charge >= 0.3 is 5.97 Å². The Morgan fingerprint density at radius 2 is 1.86 bits per heavy atom. The van der Waals surface area contributed by atoms with Gasteiger partial charge in [0.15, 0.2) is 6.61 Å². The minimum absolute atomic E-state index is 0.104. The molecule has 1 N–H and O–H groups in total. The molecule has 0 unspecified atom stereocenters. The maximum absolute atomic E-state index is 12.3. The Bertz CT molecular complexity index is 811. The van der Waals surface area contributed by atoms with E-state index in [0.717, 1.165) is 17.7 Å². The fourth-order valence-electron chi connectivity index (χ4n) is 3.63. The van der Waals surface area contributed by atoms with E-state index in [4.69, 9.17) is 4.74 Å². The Hall–Kier alpha value is -2.96. The number of rotatable bonds is 7. The summed E-state index contributed by atoms with van der Waals surface area (Å²) in [6.45, 7) is 3.86. The Balaban J connectivity index is 1.54. The fraction of sp³-hybridized carbons (Fsp3) is 0.429. The molecule has 1 aromatic rings. The van der Waals surface area contributed by atoms with Crippen molar-refractivity contribution in [3.05, 3.63) is 47.5 Å². The number of nitrogens with zero attached hydrogens (tertiary/aromatic N) is 1. The molecule has 1 aliphatic heterocycles. The molecule has 1 aromatic carbocycles. The summed E-state index contributed by atoms with van der Waals surface area (Å²) >= 11 is 0. The maximum atomic E-state index is 12.3. The van der Waals surface area contributed by atoms with Gasteiger partial charge in [0.2, 0.25) is 0 Å². The monoisotopic (exact) mass is 384 g/mol. The van der Waals surface area contributed by atoms with Crippen molar-refractivity contribution in [2.75, 3.05) is 19.7 Å². The van der Waals surface area contributed by atoms with Crippen molar-refractivity contribution in [3.8, 4) is 0 Å². The highest BCUT2D eigenvalue weighted by atomic mass is 16.5. The zero-order chi connectivity index (χ0) is 20.1. The minimum atomic E-state index is -0.710. The van der Waals surface area contributed by atoms with E-state index < -0.39 is 17.8 Å². The van der Waals surface area contributed by atoms with Crippen LogP contribution in [0, 0.1) is 5.92 Å². The molecule has 1 aliphatic carbocycles. The lowest BCUT2D eigenvalue weighted by atomic mass is 9.89. The first-order valence-electron chi connectivity index (χ1n) is 9.56. The second kappa shape index (κ2) is 8.82. The molecule has 1 heterocycles. The van der Waals surface area contributed by atoms with Crippen LogP contribution in [0.2, 0.25) is 0 Å². The van der Waals surface area contributed by atoms with E-state index >= 15 is 0 Å². The van der Waals surface area contributed by atoms with Gasteiger partial charge in [-0.25, -0.2) is 4.79 Å². The molecule has 0 bridgehead atoms. The van der Waals surface area contributed by atoms with Crippen molar-refractivity contribution in [3.63, 3.8) is 0 Å². The molecule has 3 amide bonds. The summed E-state index contributed by atoms with van der Waals surface area (Å²) < 4.78 is 5.05. The second-order valence-corrected chi connectivity index (χ2v) is 7.15. The van der Waals surface area contributed by atoms with Gasteiger partial charge in [-0.2, -0.15) is 0 Å². The standard InChI is InChI=1S/C21H24N2O5/c1-2-10-23-19(25)16-9-8-15(11-17(16)20(23)26)21(27)28-13-18(24)22-12-14-6-4-3-5-7-14/h2,8-9,11,14H,1,3-7,10,12-13H2,(H,22,24). The molecular formula is C21H24N2O5. The molecule has 0 radical (unpaired) electrons. The van der Waals surface area contributed by atoms with Crippen LogP contribution in [-0.2, 0) is 9.53 Å². The molecule has 0 spiro atoms. The van der Waals surface area contributed by atoms with Crippen molar-refractivity contribution in [1.82, 2.24) is 10.2 Å². The van der Waals surface area contributed by atoms with Gasteiger partial charge in [-0.1, -0.05) is 25.3 Å². The third-order valence-electron chi connectivity index (χ3n) is 5.17. The fourth-order valence-corrected chi connectivity index (χ4v) is 3.63.